The van der Waals surface area contributed by atoms with E-state index in [4.69, 9.17) is 0 Å². The van der Waals surface area contributed by atoms with E-state index >= 15 is 0 Å². The highest BCUT2D eigenvalue weighted by atomic mass is 32.2. The van der Waals surface area contributed by atoms with Crippen molar-refractivity contribution >= 4 is 23.5 Å². The Morgan fingerprint density at radius 2 is 2.05 bits per heavy atom. The van der Waals surface area contributed by atoms with Crippen molar-refractivity contribution in [1.29, 1.82) is 0 Å². The topological polar surface area (TPSA) is 74.8 Å². The summed E-state index contributed by atoms with van der Waals surface area (Å²) in [5, 5.41) is 3.23. The van der Waals surface area contributed by atoms with Crippen molar-refractivity contribution < 1.29 is 4.79 Å². The summed E-state index contributed by atoms with van der Waals surface area (Å²) >= 11 is 1.34. The predicted molar refractivity (Wildman–Crippen MR) is 87.6 cm³/mol. The molecule has 2 heterocycles. The van der Waals surface area contributed by atoms with Crippen LogP contribution in [0.15, 0.2) is 28.2 Å². The van der Waals surface area contributed by atoms with Crippen molar-refractivity contribution in [1.82, 2.24) is 9.97 Å². The molecule has 2 aromatic rings. The standard InChI is InChI=1S/C16H17N3O2S/c1-8-4-5-10(9(2)6-8)11-7-12(20)17-14-13(11)15(21)19-16(18-14)22-3/h4-6,11H,7H2,1-3H3,(H2,17,18,19,20,21)/t11-/m1/s1. The fourth-order valence-corrected chi connectivity index (χ4v) is 3.31. The molecule has 0 spiro atoms. The molecule has 1 aliphatic heterocycles. The van der Waals surface area contributed by atoms with Gasteiger partial charge in [0.15, 0.2) is 5.16 Å². The highest BCUT2D eigenvalue weighted by Gasteiger charge is 2.31. The van der Waals surface area contributed by atoms with Gasteiger partial charge in [0.2, 0.25) is 5.91 Å². The van der Waals surface area contributed by atoms with E-state index in [2.05, 4.69) is 21.4 Å². The molecule has 1 aromatic heterocycles. The summed E-state index contributed by atoms with van der Waals surface area (Å²) in [6.45, 7) is 4.03. The van der Waals surface area contributed by atoms with Crippen LogP contribution in [0.2, 0.25) is 0 Å². The average Bonchev–Trinajstić information content (AvgIpc) is 2.45. The molecule has 0 radical (unpaired) electrons. The average molecular weight is 315 g/mol. The van der Waals surface area contributed by atoms with E-state index < -0.39 is 0 Å². The molecule has 1 atom stereocenters. The molecule has 1 amide bonds. The fraction of sp³-hybridized carbons (Fsp3) is 0.312. The predicted octanol–water partition coefficient (Wildman–Crippen LogP) is 2.58. The lowest BCUT2D eigenvalue weighted by Crippen LogP contribution is -2.31. The normalized spacial score (nSPS) is 17.0. The molecule has 6 heteroatoms. The minimum absolute atomic E-state index is 0.109. The molecule has 5 nitrogen and oxygen atoms in total. The number of anilines is 1. The second-order valence-electron chi connectivity index (χ2n) is 5.50. The van der Waals surface area contributed by atoms with Crippen molar-refractivity contribution in [2.24, 2.45) is 0 Å². The van der Waals surface area contributed by atoms with E-state index in [1.807, 2.05) is 32.2 Å². The lowest BCUT2D eigenvalue weighted by Gasteiger charge is -2.25. The third-order valence-corrected chi connectivity index (χ3v) is 4.50. The Bertz CT molecular complexity index is 814. The molecule has 2 N–H and O–H groups in total. The molecule has 1 aromatic carbocycles. The Hall–Kier alpha value is -2.08. The zero-order valence-corrected chi connectivity index (χ0v) is 13.5. The summed E-state index contributed by atoms with van der Waals surface area (Å²) in [5.41, 5.74) is 3.61. The number of fused-ring (bicyclic) bond motifs is 1. The van der Waals surface area contributed by atoms with E-state index in [-0.39, 0.29) is 23.8 Å². The van der Waals surface area contributed by atoms with Gasteiger partial charge in [-0.25, -0.2) is 4.98 Å². The number of benzene rings is 1. The quantitative estimate of drug-likeness (QED) is 0.660. The van der Waals surface area contributed by atoms with Gasteiger partial charge < -0.3 is 10.3 Å². The van der Waals surface area contributed by atoms with E-state index in [9.17, 15) is 9.59 Å². The van der Waals surface area contributed by atoms with E-state index in [1.54, 1.807) is 0 Å². The Kier molecular flexibility index (Phi) is 3.78. The third kappa shape index (κ3) is 2.54. The number of nitrogens with one attached hydrogen (secondary N) is 2. The second-order valence-corrected chi connectivity index (χ2v) is 6.30. The first-order valence-corrected chi connectivity index (χ1v) is 8.27. The van der Waals surface area contributed by atoms with Crippen LogP contribution in [0, 0.1) is 13.8 Å². The molecule has 1 aliphatic rings. The first-order valence-electron chi connectivity index (χ1n) is 7.05. The number of amides is 1. The molecule has 0 fully saturated rings. The number of carbonyl (C=O) groups is 1. The number of nitrogens with zero attached hydrogens (tertiary/aromatic N) is 1. The third-order valence-electron chi connectivity index (χ3n) is 3.92. The van der Waals surface area contributed by atoms with Gasteiger partial charge >= 0.3 is 0 Å². The van der Waals surface area contributed by atoms with Crippen LogP contribution in [0.1, 0.15) is 34.6 Å². The highest BCUT2D eigenvalue weighted by Crippen LogP contribution is 2.35. The summed E-state index contributed by atoms with van der Waals surface area (Å²) in [4.78, 5) is 31.6. The lowest BCUT2D eigenvalue weighted by molar-refractivity contribution is -0.116. The number of carbonyl (C=O) groups excluding carboxylic acids is 1. The maximum Gasteiger partial charge on any atom is 0.257 e. The van der Waals surface area contributed by atoms with Crippen LogP contribution >= 0.6 is 11.8 Å². The zero-order valence-electron chi connectivity index (χ0n) is 12.7. The summed E-state index contributed by atoms with van der Waals surface area (Å²) in [5.74, 6) is 0.0217. The van der Waals surface area contributed by atoms with Gasteiger partial charge in [-0.3, -0.25) is 9.59 Å². The number of H-pyrrole nitrogens is 1. The first-order chi connectivity index (χ1) is 10.5. The van der Waals surface area contributed by atoms with Crippen molar-refractivity contribution in [3.05, 3.63) is 50.8 Å². The monoisotopic (exact) mass is 315 g/mol. The van der Waals surface area contributed by atoms with Crippen molar-refractivity contribution in [2.75, 3.05) is 11.6 Å². The lowest BCUT2D eigenvalue weighted by atomic mass is 9.84. The first kappa shape index (κ1) is 14.8. The molecule has 3 rings (SSSR count). The molecule has 0 aliphatic carbocycles. The molecule has 0 saturated heterocycles. The van der Waals surface area contributed by atoms with E-state index in [0.29, 0.717) is 16.5 Å². The van der Waals surface area contributed by atoms with Gasteiger partial charge in [-0.15, -0.1) is 0 Å². The molecule has 0 bridgehead atoms. The fourth-order valence-electron chi connectivity index (χ4n) is 2.93. The van der Waals surface area contributed by atoms with Gasteiger partial charge in [0, 0.05) is 12.3 Å². The number of aromatic amines is 1. The molecular weight excluding hydrogens is 298 g/mol. The van der Waals surface area contributed by atoms with Crippen LogP contribution in [0.4, 0.5) is 5.82 Å². The van der Waals surface area contributed by atoms with Crippen LogP contribution in [0.5, 0.6) is 0 Å². The smallest absolute Gasteiger partial charge is 0.257 e. The Morgan fingerprint density at radius 3 is 2.73 bits per heavy atom. The molecule has 0 unspecified atom stereocenters. The van der Waals surface area contributed by atoms with Gasteiger partial charge in [-0.05, 0) is 31.2 Å². The van der Waals surface area contributed by atoms with Gasteiger partial charge in [0.25, 0.3) is 5.56 Å². The van der Waals surface area contributed by atoms with Crippen LogP contribution in [-0.4, -0.2) is 22.1 Å². The van der Waals surface area contributed by atoms with Crippen molar-refractivity contribution in [3.8, 4) is 0 Å². The van der Waals surface area contributed by atoms with Crippen LogP contribution in [0.3, 0.4) is 0 Å². The maximum absolute atomic E-state index is 12.5. The summed E-state index contributed by atoms with van der Waals surface area (Å²) < 4.78 is 0. The Balaban J connectivity index is 2.19. The summed E-state index contributed by atoms with van der Waals surface area (Å²) in [6, 6.07) is 6.07. The SMILES string of the molecule is CSc1nc2c(c(=O)[nH]1)[C@@H](c1ccc(C)cc1C)CC(=O)N2. The van der Waals surface area contributed by atoms with Gasteiger partial charge in [-0.2, -0.15) is 0 Å². The molecule has 0 saturated carbocycles. The Labute approximate surface area is 132 Å². The summed E-state index contributed by atoms with van der Waals surface area (Å²) in [6.07, 6.45) is 2.09. The minimum Gasteiger partial charge on any atom is -0.310 e. The molecular formula is C16H17N3O2S. The number of rotatable bonds is 2. The van der Waals surface area contributed by atoms with Crippen molar-refractivity contribution in [2.45, 2.75) is 31.3 Å². The van der Waals surface area contributed by atoms with Crippen LogP contribution < -0.4 is 10.9 Å². The molecule has 114 valence electrons. The number of hydrogen-bond acceptors (Lipinski definition) is 4. The van der Waals surface area contributed by atoms with Gasteiger partial charge in [-0.1, -0.05) is 35.5 Å². The highest BCUT2D eigenvalue weighted by molar-refractivity contribution is 7.98. The second kappa shape index (κ2) is 5.61. The molecule has 22 heavy (non-hydrogen) atoms. The van der Waals surface area contributed by atoms with Crippen LogP contribution in [-0.2, 0) is 4.79 Å². The number of hydrogen-bond donors (Lipinski definition) is 2. The largest absolute Gasteiger partial charge is 0.310 e. The van der Waals surface area contributed by atoms with E-state index in [1.165, 1.54) is 11.8 Å². The minimum atomic E-state index is -0.253. The van der Waals surface area contributed by atoms with Gasteiger partial charge in [0.05, 0.1) is 5.56 Å². The summed E-state index contributed by atoms with van der Waals surface area (Å²) in [7, 11) is 0. The van der Waals surface area contributed by atoms with Crippen LogP contribution in [0.25, 0.3) is 0 Å². The van der Waals surface area contributed by atoms with E-state index in [0.717, 1.165) is 16.7 Å². The maximum atomic E-state index is 12.5. The zero-order chi connectivity index (χ0) is 15.9. The van der Waals surface area contributed by atoms with Crippen molar-refractivity contribution in [3.63, 3.8) is 0 Å². The number of aryl methyl sites for hydroxylation is 2. The van der Waals surface area contributed by atoms with Gasteiger partial charge in [0.1, 0.15) is 5.82 Å². The Morgan fingerprint density at radius 1 is 1.27 bits per heavy atom. The number of aromatic nitrogens is 2. The number of thioether (sulfide) groups is 1.